The first-order valence-corrected chi connectivity index (χ1v) is 9.11. The molecule has 1 amide bonds. The van der Waals surface area contributed by atoms with Gasteiger partial charge in [0.1, 0.15) is 22.9 Å². The van der Waals surface area contributed by atoms with Crippen molar-refractivity contribution in [3.8, 4) is 11.3 Å². The molecule has 28 heavy (non-hydrogen) atoms. The SMILES string of the molecule is Cc1nc2ccccn2c1C(=O)N/N=C\c1ccc(-c2ccc(Cl)c(Cl)c2)o1. The van der Waals surface area contributed by atoms with Crippen LogP contribution in [-0.2, 0) is 0 Å². The fraction of sp³-hybridized carbons (Fsp3) is 0.0500. The molecule has 4 aromatic rings. The quantitative estimate of drug-likeness (QED) is 0.379. The molecule has 0 aliphatic rings. The normalized spacial score (nSPS) is 11.4. The van der Waals surface area contributed by atoms with Crippen LogP contribution in [0, 0.1) is 6.92 Å². The molecule has 140 valence electrons. The zero-order valence-electron chi connectivity index (χ0n) is 14.7. The number of imidazole rings is 1. The van der Waals surface area contributed by atoms with E-state index in [4.69, 9.17) is 27.6 Å². The first kappa shape index (κ1) is 18.3. The van der Waals surface area contributed by atoms with Crippen molar-refractivity contribution >= 4 is 41.0 Å². The van der Waals surface area contributed by atoms with Gasteiger partial charge in [0.15, 0.2) is 0 Å². The third-order valence-electron chi connectivity index (χ3n) is 4.11. The van der Waals surface area contributed by atoms with Crippen LogP contribution in [-0.4, -0.2) is 21.5 Å². The lowest BCUT2D eigenvalue weighted by molar-refractivity contribution is 0.0948. The summed E-state index contributed by atoms with van der Waals surface area (Å²) in [5, 5.41) is 4.90. The summed E-state index contributed by atoms with van der Waals surface area (Å²) in [6, 6.07) is 14.3. The molecular weight excluding hydrogens is 399 g/mol. The van der Waals surface area contributed by atoms with Crippen molar-refractivity contribution in [2.45, 2.75) is 6.92 Å². The molecule has 0 radical (unpaired) electrons. The van der Waals surface area contributed by atoms with Crippen LogP contribution >= 0.6 is 23.2 Å². The van der Waals surface area contributed by atoms with E-state index in [1.165, 1.54) is 6.21 Å². The smallest absolute Gasteiger partial charge is 0.290 e. The van der Waals surface area contributed by atoms with Crippen LogP contribution in [0.15, 0.2) is 64.2 Å². The minimum absolute atomic E-state index is 0.358. The molecular formula is C20H14Cl2N4O2. The van der Waals surface area contributed by atoms with Crippen LogP contribution < -0.4 is 5.43 Å². The van der Waals surface area contributed by atoms with Crippen molar-refractivity contribution in [2.24, 2.45) is 5.10 Å². The third-order valence-corrected chi connectivity index (χ3v) is 4.85. The van der Waals surface area contributed by atoms with Crippen LogP contribution in [0.1, 0.15) is 21.9 Å². The first-order valence-electron chi connectivity index (χ1n) is 8.35. The maximum Gasteiger partial charge on any atom is 0.290 e. The van der Waals surface area contributed by atoms with Crippen LogP contribution in [0.2, 0.25) is 10.0 Å². The molecule has 0 fully saturated rings. The number of rotatable bonds is 4. The molecule has 3 heterocycles. The number of hydrogen-bond acceptors (Lipinski definition) is 4. The summed E-state index contributed by atoms with van der Waals surface area (Å²) in [6.45, 7) is 1.78. The molecule has 0 saturated carbocycles. The summed E-state index contributed by atoms with van der Waals surface area (Å²) in [4.78, 5) is 16.8. The molecule has 0 bridgehead atoms. The Hall–Kier alpha value is -3.09. The highest BCUT2D eigenvalue weighted by atomic mass is 35.5. The van der Waals surface area contributed by atoms with Crippen LogP contribution in [0.5, 0.6) is 0 Å². The number of pyridine rings is 1. The van der Waals surface area contributed by atoms with Gasteiger partial charge in [0, 0.05) is 11.8 Å². The molecule has 6 nitrogen and oxygen atoms in total. The second-order valence-electron chi connectivity index (χ2n) is 6.00. The van der Waals surface area contributed by atoms with Crippen LogP contribution in [0.4, 0.5) is 0 Å². The molecule has 0 atom stereocenters. The number of halogens is 2. The fourth-order valence-corrected chi connectivity index (χ4v) is 3.12. The van der Waals surface area contributed by atoms with Gasteiger partial charge in [0.2, 0.25) is 0 Å². The van der Waals surface area contributed by atoms with Gasteiger partial charge in [-0.2, -0.15) is 5.10 Å². The van der Waals surface area contributed by atoms with E-state index in [2.05, 4.69) is 15.5 Å². The lowest BCUT2D eigenvalue weighted by Gasteiger charge is -2.01. The Morgan fingerprint density at radius 2 is 2.04 bits per heavy atom. The predicted molar refractivity (Wildman–Crippen MR) is 109 cm³/mol. The molecule has 0 spiro atoms. The highest BCUT2D eigenvalue weighted by Crippen LogP contribution is 2.29. The predicted octanol–water partition coefficient (Wildman–Crippen LogP) is 4.97. The highest BCUT2D eigenvalue weighted by molar-refractivity contribution is 6.42. The molecule has 0 saturated heterocycles. The van der Waals surface area contributed by atoms with Crippen molar-refractivity contribution < 1.29 is 9.21 Å². The van der Waals surface area contributed by atoms with Gasteiger partial charge < -0.3 is 4.42 Å². The Balaban J connectivity index is 1.49. The number of hydrazone groups is 1. The van der Waals surface area contributed by atoms with E-state index < -0.39 is 0 Å². The lowest BCUT2D eigenvalue weighted by Crippen LogP contribution is -2.20. The number of aromatic nitrogens is 2. The summed E-state index contributed by atoms with van der Waals surface area (Å²) >= 11 is 12.0. The van der Waals surface area contributed by atoms with E-state index in [1.54, 1.807) is 41.8 Å². The zero-order chi connectivity index (χ0) is 19.7. The highest BCUT2D eigenvalue weighted by Gasteiger charge is 2.15. The Kier molecular flexibility index (Phi) is 4.90. The number of nitrogens with zero attached hydrogens (tertiary/aromatic N) is 3. The van der Waals surface area contributed by atoms with Gasteiger partial charge in [-0.1, -0.05) is 29.3 Å². The van der Waals surface area contributed by atoms with E-state index >= 15 is 0 Å². The van der Waals surface area contributed by atoms with E-state index in [9.17, 15) is 4.79 Å². The second-order valence-corrected chi connectivity index (χ2v) is 6.82. The number of hydrogen-bond donors (Lipinski definition) is 1. The zero-order valence-corrected chi connectivity index (χ0v) is 16.2. The van der Waals surface area contributed by atoms with Crippen molar-refractivity contribution in [3.63, 3.8) is 0 Å². The van der Waals surface area contributed by atoms with Crippen molar-refractivity contribution in [3.05, 3.63) is 81.9 Å². The number of fused-ring (bicyclic) bond motifs is 1. The summed E-state index contributed by atoms with van der Waals surface area (Å²) in [6.07, 6.45) is 3.21. The summed E-state index contributed by atoms with van der Waals surface area (Å²) < 4.78 is 7.43. The van der Waals surface area contributed by atoms with Crippen LogP contribution in [0.25, 0.3) is 17.0 Å². The number of benzene rings is 1. The average molecular weight is 413 g/mol. The average Bonchev–Trinajstić information content (AvgIpc) is 3.27. The third kappa shape index (κ3) is 3.52. The summed E-state index contributed by atoms with van der Waals surface area (Å²) in [5.74, 6) is 0.740. The summed E-state index contributed by atoms with van der Waals surface area (Å²) in [5.41, 5.74) is 5.05. The molecule has 1 N–H and O–H groups in total. The fourth-order valence-electron chi connectivity index (χ4n) is 2.82. The van der Waals surface area contributed by atoms with Crippen molar-refractivity contribution in [1.29, 1.82) is 0 Å². The largest absolute Gasteiger partial charge is 0.455 e. The van der Waals surface area contributed by atoms with Crippen LogP contribution in [0.3, 0.4) is 0 Å². The molecule has 3 aromatic heterocycles. The molecule has 0 unspecified atom stereocenters. The van der Waals surface area contributed by atoms with E-state index in [-0.39, 0.29) is 5.91 Å². The number of aryl methyl sites for hydroxylation is 1. The van der Waals surface area contributed by atoms with Crippen molar-refractivity contribution in [1.82, 2.24) is 14.8 Å². The standard InChI is InChI=1S/C20H14Cl2N4O2/c1-12-19(26-9-3-2-4-18(26)24-12)20(27)25-23-11-14-6-8-17(28-14)13-5-7-15(21)16(22)10-13/h2-11H,1H3,(H,25,27)/b23-11-. The van der Waals surface area contributed by atoms with Gasteiger partial charge >= 0.3 is 0 Å². The minimum Gasteiger partial charge on any atom is -0.455 e. The van der Waals surface area contributed by atoms with E-state index in [0.717, 1.165) is 5.56 Å². The van der Waals surface area contributed by atoms with Gasteiger partial charge in [-0.05, 0) is 49.4 Å². The summed E-state index contributed by atoms with van der Waals surface area (Å²) in [7, 11) is 0. The maximum atomic E-state index is 12.5. The Labute approximate surface area is 170 Å². The van der Waals surface area contributed by atoms with Gasteiger partial charge in [0.25, 0.3) is 5.91 Å². The number of carbonyl (C=O) groups is 1. The van der Waals surface area contributed by atoms with Gasteiger partial charge in [-0.3, -0.25) is 9.20 Å². The molecule has 0 aliphatic heterocycles. The Bertz CT molecular complexity index is 1210. The van der Waals surface area contributed by atoms with Gasteiger partial charge in [-0.15, -0.1) is 0 Å². The van der Waals surface area contributed by atoms with Gasteiger partial charge in [-0.25, -0.2) is 10.4 Å². The molecule has 0 aliphatic carbocycles. The van der Waals surface area contributed by atoms with Gasteiger partial charge in [0.05, 0.1) is 22.0 Å². The minimum atomic E-state index is -0.358. The molecule has 1 aromatic carbocycles. The van der Waals surface area contributed by atoms with Crippen molar-refractivity contribution in [2.75, 3.05) is 0 Å². The van der Waals surface area contributed by atoms with E-state index in [0.29, 0.717) is 38.6 Å². The monoisotopic (exact) mass is 412 g/mol. The Morgan fingerprint density at radius 1 is 1.18 bits per heavy atom. The number of amides is 1. The molecule has 8 heteroatoms. The number of nitrogens with one attached hydrogen (secondary N) is 1. The lowest BCUT2D eigenvalue weighted by atomic mass is 10.2. The maximum absolute atomic E-state index is 12.5. The topological polar surface area (TPSA) is 71.9 Å². The first-order chi connectivity index (χ1) is 13.5. The van der Waals surface area contributed by atoms with E-state index in [1.807, 2.05) is 24.3 Å². The molecule has 4 rings (SSSR count). The number of furan rings is 1. The Morgan fingerprint density at radius 3 is 2.86 bits per heavy atom. The number of carbonyl (C=O) groups excluding carboxylic acids is 1. The second kappa shape index (κ2) is 7.50.